The van der Waals surface area contributed by atoms with E-state index in [2.05, 4.69) is 26.6 Å². The Hall–Kier alpha value is -5.87. The quantitative estimate of drug-likeness (QED) is 0.0380. The molecule has 0 aliphatic heterocycles. The van der Waals surface area contributed by atoms with Crippen molar-refractivity contribution in [1.29, 1.82) is 0 Å². The van der Waals surface area contributed by atoms with Crippen molar-refractivity contribution in [2.45, 2.75) is 178 Å². The zero-order valence-electron chi connectivity index (χ0n) is 35.6. The van der Waals surface area contributed by atoms with Crippen molar-refractivity contribution in [3.63, 3.8) is 0 Å². The molecule has 5 atom stereocenters. The first-order valence-electron chi connectivity index (χ1n) is 21.3. The highest BCUT2D eigenvalue weighted by atomic mass is 16.4. The maximum Gasteiger partial charge on any atom is 0.326 e. The summed E-state index contributed by atoms with van der Waals surface area (Å²) in [5.74, 6) is -11.7. The molecule has 0 aromatic carbocycles. The van der Waals surface area contributed by atoms with Crippen molar-refractivity contribution in [3.8, 4) is 0 Å². The van der Waals surface area contributed by atoms with E-state index in [1.54, 1.807) is 0 Å². The number of unbranched alkanes of at least 4 members (excludes halogenated alkanes) is 10. The Kier molecular flexibility index (Phi) is 30.6. The van der Waals surface area contributed by atoms with Crippen LogP contribution >= 0.6 is 0 Å². The van der Waals surface area contributed by atoms with Crippen LogP contribution in [0.1, 0.15) is 148 Å². The summed E-state index contributed by atoms with van der Waals surface area (Å²) in [6.07, 6.45) is 6.52. The van der Waals surface area contributed by atoms with Crippen LogP contribution in [-0.4, -0.2) is 133 Å². The van der Waals surface area contributed by atoms with Crippen LogP contribution in [0.15, 0.2) is 0 Å². The van der Waals surface area contributed by atoms with Crippen molar-refractivity contribution in [2.24, 2.45) is 5.73 Å². The molecule has 0 saturated heterocycles. The van der Waals surface area contributed by atoms with E-state index in [4.69, 9.17) is 15.9 Å². The van der Waals surface area contributed by atoms with Crippen LogP contribution in [0.5, 0.6) is 0 Å². The van der Waals surface area contributed by atoms with Gasteiger partial charge in [-0.3, -0.25) is 33.6 Å². The number of rotatable bonds is 39. The normalized spacial score (nSPS) is 13.2. The maximum absolute atomic E-state index is 12.6. The minimum absolute atomic E-state index is 0.0743. The summed E-state index contributed by atoms with van der Waals surface area (Å²) in [6, 6.07) is -7.23. The van der Waals surface area contributed by atoms with Gasteiger partial charge in [0, 0.05) is 45.1 Å². The SMILES string of the molecule is NC(CCCCNC(=O)CCC(NC(=O)CC[C@H](NC(=O)CCC(NC(=O)CCC(NC(=O)CCCCCCCCCCCCC(=O)O)C(=O)O)C(=O)O)C(=O)O)C(=O)O)C(=O)O. The van der Waals surface area contributed by atoms with E-state index in [9.17, 15) is 73.2 Å². The van der Waals surface area contributed by atoms with E-state index in [1.807, 2.05) is 0 Å². The van der Waals surface area contributed by atoms with Gasteiger partial charge in [0.25, 0.3) is 0 Å². The monoisotopic (exact) mass is 902 g/mol. The van der Waals surface area contributed by atoms with Crippen molar-refractivity contribution in [3.05, 3.63) is 0 Å². The molecule has 358 valence electrons. The first-order chi connectivity index (χ1) is 29.7. The van der Waals surface area contributed by atoms with Crippen LogP contribution in [0.2, 0.25) is 0 Å². The number of nitrogens with one attached hydrogen (secondary N) is 5. The molecule has 0 fully saturated rings. The van der Waals surface area contributed by atoms with Gasteiger partial charge in [-0.1, -0.05) is 51.4 Å². The molecule has 0 aromatic rings. The predicted molar refractivity (Wildman–Crippen MR) is 221 cm³/mol. The first kappa shape index (κ1) is 57.1. The molecule has 0 rings (SSSR count). The first-order valence-corrected chi connectivity index (χ1v) is 21.3. The lowest BCUT2D eigenvalue weighted by Gasteiger charge is -2.18. The lowest BCUT2D eigenvalue weighted by atomic mass is 10.0. The fourth-order valence-electron chi connectivity index (χ4n) is 6.10. The zero-order chi connectivity index (χ0) is 47.7. The van der Waals surface area contributed by atoms with Crippen molar-refractivity contribution in [2.75, 3.05) is 6.54 Å². The highest BCUT2D eigenvalue weighted by Crippen LogP contribution is 2.13. The van der Waals surface area contributed by atoms with Gasteiger partial charge in [-0.05, 0) is 57.8 Å². The number of carbonyl (C=O) groups excluding carboxylic acids is 5. The Morgan fingerprint density at radius 2 is 0.635 bits per heavy atom. The van der Waals surface area contributed by atoms with Crippen LogP contribution < -0.4 is 32.3 Å². The zero-order valence-corrected chi connectivity index (χ0v) is 35.6. The van der Waals surface area contributed by atoms with Crippen molar-refractivity contribution >= 4 is 65.4 Å². The largest absolute Gasteiger partial charge is 0.481 e. The Bertz CT molecular complexity index is 1530. The molecule has 13 N–H and O–H groups in total. The number of carbonyl (C=O) groups is 11. The van der Waals surface area contributed by atoms with Crippen LogP contribution in [0.25, 0.3) is 0 Å². The molecule has 23 nitrogen and oxygen atoms in total. The highest BCUT2D eigenvalue weighted by molar-refractivity contribution is 5.88. The summed E-state index contributed by atoms with van der Waals surface area (Å²) in [4.78, 5) is 130. The van der Waals surface area contributed by atoms with Gasteiger partial charge < -0.3 is 63.0 Å². The number of carboxylic acid groups (broad SMARTS) is 6. The van der Waals surface area contributed by atoms with E-state index >= 15 is 0 Å². The average Bonchev–Trinajstić information content (AvgIpc) is 3.20. The number of amides is 5. The molecule has 0 saturated carbocycles. The van der Waals surface area contributed by atoms with Gasteiger partial charge in [0.2, 0.25) is 29.5 Å². The highest BCUT2D eigenvalue weighted by Gasteiger charge is 2.27. The second-order valence-electron chi connectivity index (χ2n) is 15.2. The van der Waals surface area contributed by atoms with Gasteiger partial charge in [-0.15, -0.1) is 0 Å². The third-order valence-electron chi connectivity index (χ3n) is 9.80. The van der Waals surface area contributed by atoms with Gasteiger partial charge in [0.15, 0.2) is 0 Å². The van der Waals surface area contributed by atoms with E-state index in [-0.39, 0.29) is 45.1 Å². The van der Waals surface area contributed by atoms with E-state index in [1.165, 1.54) is 0 Å². The van der Waals surface area contributed by atoms with E-state index < -0.39 is 128 Å². The molecule has 0 radical (unpaired) electrons. The van der Waals surface area contributed by atoms with Gasteiger partial charge in [-0.2, -0.15) is 0 Å². The van der Waals surface area contributed by atoms with Gasteiger partial charge in [-0.25, -0.2) is 19.2 Å². The third-order valence-corrected chi connectivity index (χ3v) is 9.80. The predicted octanol–water partition coefficient (Wildman–Crippen LogP) is 0.849. The fourth-order valence-corrected chi connectivity index (χ4v) is 6.10. The molecule has 4 unspecified atom stereocenters. The molecule has 63 heavy (non-hydrogen) atoms. The Morgan fingerprint density at radius 1 is 0.333 bits per heavy atom. The molecule has 0 aliphatic carbocycles. The second kappa shape index (κ2) is 33.7. The lowest BCUT2D eigenvalue weighted by Crippen LogP contribution is -2.45. The summed E-state index contributed by atoms with van der Waals surface area (Å²) < 4.78 is 0. The molecule has 23 heteroatoms. The minimum Gasteiger partial charge on any atom is -0.481 e. The molecule has 5 amide bonds. The van der Waals surface area contributed by atoms with Crippen molar-refractivity contribution < 1.29 is 83.4 Å². The smallest absolute Gasteiger partial charge is 0.326 e. The standard InChI is InChI=1S/C40H66N6O17/c41-25(36(54)55)13-11-12-24-42-30(47)20-16-26(37(56)57)44-32(49)22-18-28(39(60)61)46-34(51)23-19-29(40(62)63)45-33(50)21-17-27(38(58)59)43-31(48)14-9-7-5-3-1-2-4-6-8-10-15-35(52)53/h25-29H,1-24,41H2,(H,42,47)(H,43,48)(H,44,49)(H,45,50)(H,46,51)(H,52,53)(H,54,55)(H,56,57)(H,58,59)(H,60,61)(H,62,63)/t25?,26?,27?,28-,29?/m0/s1. The minimum atomic E-state index is -1.64. The Labute approximate surface area is 365 Å². The molecule has 0 heterocycles. The number of hydrogen-bond acceptors (Lipinski definition) is 12. The maximum atomic E-state index is 12.6. The van der Waals surface area contributed by atoms with Crippen LogP contribution in [0, 0.1) is 0 Å². The summed E-state index contributed by atoms with van der Waals surface area (Å²) in [7, 11) is 0. The van der Waals surface area contributed by atoms with Crippen LogP contribution in [0.4, 0.5) is 0 Å². The third kappa shape index (κ3) is 30.8. The lowest BCUT2D eigenvalue weighted by molar-refractivity contribution is -0.144. The van der Waals surface area contributed by atoms with Crippen LogP contribution in [-0.2, 0) is 52.7 Å². The van der Waals surface area contributed by atoms with E-state index in [0.717, 1.165) is 51.4 Å². The summed E-state index contributed by atoms with van der Waals surface area (Å²) in [5.41, 5.74) is 5.40. The van der Waals surface area contributed by atoms with Gasteiger partial charge >= 0.3 is 35.8 Å². The molecule has 0 aliphatic rings. The summed E-state index contributed by atoms with van der Waals surface area (Å²) >= 11 is 0. The number of hydrogen-bond donors (Lipinski definition) is 12. The molecule has 0 bridgehead atoms. The molecular formula is C40H66N6O17. The molecule has 0 spiro atoms. The van der Waals surface area contributed by atoms with E-state index in [0.29, 0.717) is 25.7 Å². The van der Waals surface area contributed by atoms with Crippen molar-refractivity contribution in [1.82, 2.24) is 26.6 Å². The summed E-state index contributed by atoms with van der Waals surface area (Å²) in [6.45, 7) is 0.187. The Balaban J connectivity index is 4.67. The number of carboxylic acids is 6. The second-order valence-corrected chi connectivity index (χ2v) is 15.2. The van der Waals surface area contributed by atoms with Gasteiger partial charge in [0.05, 0.1) is 0 Å². The number of aliphatic carboxylic acids is 6. The van der Waals surface area contributed by atoms with Gasteiger partial charge in [0.1, 0.15) is 30.2 Å². The summed E-state index contributed by atoms with van der Waals surface area (Å²) in [5, 5.41) is 67.0. The Morgan fingerprint density at radius 3 is 0.952 bits per heavy atom. The molecule has 0 aromatic heterocycles. The topological polar surface area (TPSA) is 395 Å². The molecular weight excluding hydrogens is 836 g/mol. The average molecular weight is 903 g/mol. The van der Waals surface area contributed by atoms with Crippen LogP contribution in [0.3, 0.4) is 0 Å². The fraction of sp³-hybridized carbons (Fsp3) is 0.725. The number of nitrogens with two attached hydrogens (primary N) is 1.